The molecule has 6 nitrogen and oxygen atoms in total. The van der Waals surface area contributed by atoms with Crippen molar-refractivity contribution in [2.24, 2.45) is 5.10 Å². The fourth-order valence-electron chi connectivity index (χ4n) is 3.44. The molecule has 0 saturated carbocycles. The van der Waals surface area contributed by atoms with Gasteiger partial charge in [0.25, 0.3) is 11.8 Å². The van der Waals surface area contributed by atoms with Crippen LogP contribution in [0.4, 0.5) is 10.1 Å². The highest BCUT2D eigenvalue weighted by Crippen LogP contribution is 2.36. The average molecular weight is 522 g/mol. The van der Waals surface area contributed by atoms with Gasteiger partial charge in [-0.25, -0.2) is 9.82 Å². The second kappa shape index (κ2) is 10.8. The van der Waals surface area contributed by atoms with Crippen LogP contribution in [0.15, 0.2) is 94.6 Å². The Balaban J connectivity index is 1.52. The predicted molar refractivity (Wildman–Crippen MR) is 141 cm³/mol. The number of hydrogen-bond donors (Lipinski definition) is 3. The van der Waals surface area contributed by atoms with E-state index < -0.39 is 16.6 Å². The van der Waals surface area contributed by atoms with Gasteiger partial charge in [-0.3, -0.25) is 9.59 Å². The molecule has 0 aliphatic heterocycles. The van der Waals surface area contributed by atoms with Crippen LogP contribution in [-0.2, 0) is 4.75 Å². The molecule has 0 aliphatic rings. The third-order valence-corrected chi connectivity index (χ3v) is 6.13. The van der Waals surface area contributed by atoms with E-state index in [9.17, 15) is 14.0 Å². The first-order chi connectivity index (χ1) is 17.2. The highest BCUT2D eigenvalue weighted by atomic mass is 35.5. The number of nitrogens with zero attached hydrogens (tertiary/aromatic N) is 1. The lowest BCUT2D eigenvalue weighted by Crippen LogP contribution is -2.22. The van der Waals surface area contributed by atoms with Gasteiger partial charge in [-0.2, -0.15) is 17.7 Å². The molecule has 9 heteroatoms. The number of anilines is 1. The third-order valence-electron chi connectivity index (χ3n) is 5.41. The first-order valence-electron chi connectivity index (χ1n) is 10.8. The fraction of sp³-hybridized carbons (Fsp3) is 0.0741. The summed E-state index contributed by atoms with van der Waals surface area (Å²) >= 11 is 10.8. The van der Waals surface area contributed by atoms with Crippen molar-refractivity contribution < 1.29 is 18.4 Å². The Morgan fingerprint density at radius 1 is 1.03 bits per heavy atom. The van der Waals surface area contributed by atoms with Gasteiger partial charge in [-0.15, -0.1) is 0 Å². The van der Waals surface area contributed by atoms with Crippen LogP contribution in [0.3, 0.4) is 0 Å². The van der Waals surface area contributed by atoms with E-state index in [-0.39, 0.29) is 17.1 Å². The number of furan rings is 1. The standard InChI is InChI=1S/C27H21ClFN3O3S/c1-27(36,24-6-3-13-35-24)19-5-2-4-18(14-19)25(33)31-23-12-9-20(28)15-22(23)26(34)32-30-16-17-7-10-21(29)11-8-17/h2-16,36H,1H3,(H,31,33)(H,32,34)/b30-16+. The predicted octanol–water partition coefficient (Wildman–Crippen LogP) is 6.28. The lowest BCUT2D eigenvalue weighted by Gasteiger charge is -2.22. The van der Waals surface area contributed by atoms with Crippen LogP contribution in [0.1, 0.15) is 44.5 Å². The molecule has 1 aromatic heterocycles. The summed E-state index contributed by atoms with van der Waals surface area (Å²) in [4.78, 5) is 25.9. The third kappa shape index (κ3) is 5.84. The molecule has 0 radical (unpaired) electrons. The number of nitrogens with one attached hydrogen (secondary N) is 2. The van der Waals surface area contributed by atoms with Crippen molar-refractivity contribution in [2.75, 3.05) is 5.32 Å². The molecule has 0 saturated heterocycles. The van der Waals surface area contributed by atoms with Crippen molar-refractivity contribution in [1.82, 2.24) is 5.43 Å². The number of hydrogen-bond acceptors (Lipinski definition) is 5. The molecule has 4 aromatic rings. The molecule has 1 heterocycles. The zero-order chi connectivity index (χ0) is 25.7. The molecular weight excluding hydrogens is 501 g/mol. The monoisotopic (exact) mass is 521 g/mol. The van der Waals surface area contributed by atoms with Gasteiger partial charge < -0.3 is 9.73 Å². The average Bonchev–Trinajstić information content (AvgIpc) is 3.42. The Morgan fingerprint density at radius 2 is 1.81 bits per heavy atom. The zero-order valence-corrected chi connectivity index (χ0v) is 20.7. The molecule has 1 unspecified atom stereocenters. The van der Waals surface area contributed by atoms with Crippen LogP contribution in [0.2, 0.25) is 5.02 Å². The Kier molecular flexibility index (Phi) is 7.57. The van der Waals surface area contributed by atoms with E-state index in [1.165, 1.54) is 42.6 Å². The first-order valence-corrected chi connectivity index (χ1v) is 11.6. The Hall–Kier alpha value is -3.88. The van der Waals surface area contributed by atoms with E-state index in [0.717, 1.165) is 5.56 Å². The van der Waals surface area contributed by atoms with Gasteiger partial charge in [0.2, 0.25) is 0 Å². The normalized spacial score (nSPS) is 12.8. The van der Waals surface area contributed by atoms with Gasteiger partial charge in [-0.1, -0.05) is 35.9 Å². The first kappa shape index (κ1) is 25.2. The minimum atomic E-state index is -0.756. The van der Waals surface area contributed by atoms with E-state index in [1.54, 1.807) is 36.6 Å². The molecule has 2 N–H and O–H groups in total. The van der Waals surface area contributed by atoms with Gasteiger partial charge in [0.15, 0.2) is 0 Å². The molecule has 182 valence electrons. The summed E-state index contributed by atoms with van der Waals surface area (Å²) < 4.78 is 17.8. The van der Waals surface area contributed by atoms with Gasteiger partial charge in [0, 0.05) is 10.6 Å². The maximum absolute atomic E-state index is 13.1. The van der Waals surface area contributed by atoms with Crippen LogP contribution in [0, 0.1) is 5.82 Å². The van der Waals surface area contributed by atoms with Crippen molar-refractivity contribution >= 4 is 47.9 Å². The van der Waals surface area contributed by atoms with Gasteiger partial charge in [-0.05, 0) is 72.6 Å². The van der Waals surface area contributed by atoms with Gasteiger partial charge in [0.1, 0.15) is 11.6 Å². The number of amides is 2. The molecular formula is C27H21ClFN3O3S. The van der Waals surface area contributed by atoms with Crippen LogP contribution >= 0.6 is 24.2 Å². The van der Waals surface area contributed by atoms with Crippen molar-refractivity contribution in [3.05, 3.63) is 124 Å². The largest absolute Gasteiger partial charge is 0.468 e. The summed E-state index contributed by atoms with van der Waals surface area (Å²) in [5.41, 5.74) is 4.50. The maximum atomic E-state index is 13.1. The van der Waals surface area contributed by atoms with Crippen molar-refractivity contribution in [3.8, 4) is 0 Å². The number of carbonyl (C=O) groups is 2. The van der Waals surface area contributed by atoms with Gasteiger partial charge >= 0.3 is 0 Å². The maximum Gasteiger partial charge on any atom is 0.273 e. The summed E-state index contributed by atoms with van der Waals surface area (Å²) in [6.07, 6.45) is 2.94. The van der Waals surface area contributed by atoms with Gasteiger partial charge in [0.05, 0.1) is 28.5 Å². The molecule has 36 heavy (non-hydrogen) atoms. The van der Waals surface area contributed by atoms with E-state index in [1.807, 2.05) is 19.1 Å². The van der Waals surface area contributed by atoms with E-state index in [0.29, 0.717) is 21.9 Å². The van der Waals surface area contributed by atoms with Crippen LogP contribution in [-0.4, -0.2) is 18.0 Å². The van der Waals surface area contributed by atoms with Crippen molar-refractivity contribution in [2.45, 2.75) is 11.7 Å². The van der Waals surface area contributed by atoms with E-state index in [4.69, 9.17) is 28.6 Å². The highest BCUT2D eigenvalue weighted by Gasteiger charge is 2.28. The minimum absolute atomic E-state index is 0.123. The molecule has 1 atom stereocenters. The van der Waals surface area contributed by atoms with Crippen LogP contribution < -0.4 is 10.7 Å². The SMILES string of the molecule is CC(S)(c1cccc(C(=O)Nc2ccc(Cl)cc2C(=O)N/N=C/c2ccc(F)cc2)c1)c1ccco1. The lowest BCUT2D eigenvalue weighted by atomic mass is 9.95. The summed E-state index contributed by atoms with van der Waals surface area (Å²) in [7, 11) is 0. The quantitative estimate of drug-likeness (QED) is 0.152. The lowest BCUT2D eigenvalue weighted by molar-refractivity contribution is 0.0956. The number of halogens is 2. The molecule has 0 fully saturated rings. The minimum Gasteiger partial charge on any atom is -0.468 e. The van der Waals surface area contributed by atoms with Crippen molar-refractivity contribution in [3.63, 3.8) is 0 Å². The summed E-state index contributed by atoms with van der Waals surface area (Å²) in [6.45, 7) is 1.88. The Labute approximate surface area is 217 Å². The molecule has 4 rings (SSSR count). The van der Waals surface area contributed by atoms with Crippen LogP contribution in [0.25, 0.3) is 0 Å². The summed E-state index contributed by atoms with van der Waals surface area (Å²) in [5.74, 6) is -0.741. The smallest absolute Gasteiger partial charge is 0.273 e. The van der Waals surface area contributed by atoms with E-state index in [2.05, 4.69) is 15.8 Å². The van der Waals surface area contributed by atoms with Crippen molar-refractivity contribution in [1.29, 1.82) is 0 Å². The molecule has 0 bridgehead atoms. The Morgan fingerprint density at radius 3 is 2.53 bits per heavy atom. The van der Waals surface area contributed by atoms with E-state index >= 15 is 0 Å². The molecule has 3 aromatic carbocycles. The number of hydrazone groups is 1. The van der Waals surface area contributed by atoms with Crippen LogP contribution in [0.5, 0.6) is 0 Å². The highest BCUT2D eigenvalue weighted by molar-refractivity contribution is 7.81. The number of rotatable bonds is 7. The molecule has 0 aliphatic carbocycles. The summed E-state index contributed by atoms with van der Waals surface area (Å²) in [5, 5.41) is 6.97. The number of thiol groups is 1. The fourth-order valence-corrected chi connectivity index (χ4v) is 3.88. The molecule has 2 amide bonds. The zero-order valence-electron chi connectivity index (χ0n) is 19.0. The number of carbonyl (C=O) groups excluding carboxylic acids is 2. The second-order valence-corrected chi connectivity index (χ2v) is 9.36. The number of benzene rings is 3. The Bertz CT molecular complexity index is 1420. The topological polar surface area (TPSA) is 83.7 Å². The summed E-state index contributed by atoms with van der Waals surface area (Å²) in [6, 6.07) is 20.7. The molecule has 0 spiro atoms. The second-order valence-electron chi connectivity index (χ2n) is 8.03.